The van der Waals surface area contributed by atoms with E-state index in [0.29, 0.717) is 16.8 Å². The van der Waals surface area contributed by atoms with Crippen molar-refractivity contribution in [1.29, 1.82) is 0 Å². The lowest BCUT2D eigenvalue weighted by atomic mass is 10.1. The lowest BCUT2D eigenvalue weighted by Gasteiger charge is -2.12. The summed E-state index contributed by atoms with van der Waals surface area (Å²) in [7, 11) is 0. The number of carbonyl (C=O) groups excluding carboxylic acids is 2. The zero-order valence-electron chi connectivity index (χ0n) is 15.7. The number of rotatable bonds is 4. The van der Waals surface area contributed by atoms with E-state index in [1.807, 2.05) is 49.4 Å². The number of benzene rings is 3. The second-order valence-corrected chi connectivity index (χ2v) is 6.71. The van der Waals surface area contributed by atoms with Gasteiger partial charge in [0.1, 0.15) is 0 Å². The molecule has 0 atom stereocenters. The molecule has 3 aromatic rings. The first kappa shape index (κ1) is 20.0. The van der Waals surface area contributed by atoms with Crippen LogP contribution >= 0.6 is 12.2 Å². The molecule has 0 saturated heterocycles. The summed E-state index contributed by atoms with van der Waals surface area (Å²) in [5.41, 5.74) is 8.68. The van der Waals surface area contributed by atoms with Gasteiger partial charge in [-0.3, -0.25) is 20.4 Å². The molecular weight excluding hydrogens is 384 g/mol. The molecule has 4 N–H and O–H groups in total. The molecule has 3 rings (SSSR count). The number of anilines is 2. The smallest absolute Gasteiger partial charge is 0.269 e. The van der Waals surface area contributed by atoms with Gasteiger partial charge in [-0.1, -0.05) is 35.9 Å². The Morgan fingerprint density at radius 2 is 1.21 bits per heavy atom. The van der Waals surface area contributed by atoms with E-state index in [4.69, 9.17) is 12.2 Å². The van der Waals surface area contributed by atoms with E-state index in [-0.39, 0.29) is 16.9 Å². The van der Waals surface area contributed by atoms with Crippen molar-refractivity contribution in [3.8, 4) is 0 Å². The molecule has 29 heavy (non-hydrogen) atoms. The average molecular weight is 404 g/mol. The minimum atomic E-state index is -0.348. The molecule has 0 aliphatic heterocycles. The maximum absolute atomic E-state index is 12.2. The molecule has 0 aliphatic rings. The summed E-state index contributed by atoms with van der Waals surface area (Å²) in [5.74, 6) is -0.556. The summed E-state index contributed by atoms with van der Waals surface area (Å²) in [5, 5.41) is 6.03. The van der Waals surface area contributed by atoms with Crippen molar-refractivity contribution in [2.45, 2.75) is 6.92 Å². The number of nitrogens with one attached hydrogen (secondary N) is 4. The van der Waals surface area contributed by atoms with Crippen molar-refractivity contribution in [3.05, 3.63) is 95.6 Å². The van der Waals surface area contributed by atoms with E-state index in [2.05, 4.69) is 21.5 Å². The zero-order chi connectivity index (χ0) is 20.6. The van der Waals surface area contributed by atoms with Crippen molar-refractivity contribution < 1.29 is 9.59 Å². The van der Waals surface area contributed by atoms with Crippen LogP contribution in [-0.4, -0.2) is 16.9 Å². The Morgan fingerprint density at radius 1 is 0.655 bits per heavy atom. The largest absolute Gasteiger partial charge is 0.331 e. The zero-order valence-corrected chi connectivity index (χ0v) is 16.5. The number of thiocarbonyl (C=S) groups is 1. The number of amides is 2. The van der Waals surface area contributed by atoms with Gasteiger partial charge in [-0.05, 0) is 67.7 Å². The lowest BCUT2D eigenvalue weighted by Crippen LogP contribution is -2.43. The molecule has 146 valence electrons. The van der Waals surface area contributed by atoms with Crippen molar-refractivity contribution >= 4 is 40.5 Å². The summed E-state index contributed by atoms with van der Waals surface area (Å²) in [6.07, 6.45) is 0. The van der Waals surface area contributed by atoms with Crippen LogP contribution in [0.4, 0.5) is 11.4 Å². The summed E-state index contributed by atoms with van der Waals surface area (Å²) < 4.78 is 0. The van der Waals surface area contributed by atoms with Crippen LogP contribution in [-0.2, 0) is 0 Å². The van der Waals surface area contributed by atoms with Gasteiger partial charge in [0.25, 0.3) is 11.8 Å². The van der Waals surface area contributed by atoms with Crippen molar-refractivity contribution in [2.24, 2.45) is 0 Å². The SMILES string of the molecule is Cc1ccc(C(=O)Nc2ccc(C(=O)NNC(=S)Nc3ccccc3)cc2)cc1. The summed E-state index contributed by atoms with van der Waals surface area (Å²) in [6.45, 7) is 1.96. The normalized spacial score (nSPS) is 9.97. The van der Waals surface area contributed by atoms with Crippen molar-refractivity contribution in [2.75, 3.05) is 10.6 Å². The number of hydrazine groups is 1. The highest BCUT2D eigenvalue weighted by Gasteiger charge is 2.08. The minimum absolute atomic E-state index is 0.207. The van der Waals surface area contributed by atoms with Crippen LogP contribution in [0.3, 0.4) is 0 Å². The Labute approximate surface area is 174 Å². The van der Waals surface area contributed by atoms with Crippen LogP contribution in [0.1, 0.15) is 26.3 Å². The van der Waals surface area contributed by atoms with Crippen LogP contribution in [0.2, 0.25) is 0 Å². The predicted molar refractivity (Wildman–Crippen MR) is 119 cm³/mol. The molecule has 0 aromatic heterocycles. The van der Waals surface area contributed by atoms with E-state index in [0.717, 1.165) is 11.3 Å². The molecule has 0 aliphatic carbocycles. The Morgan fingerprint density at radius 3 is 1.86 bits per heavy atom. The Balaban J connectivity index is 1.51. The topological polar surface area (TPSA) is 82.3 Å². The van der Waals surface area contributed by atoms with Crippen LogP contribution in [0.25, 0.3) is 0 Å². The van der Waals surface area contributed by atoms with E-state index < -0.39 is 0 Å². The molecular formula is C22H20N4O2S. The second kappa shape index (κ2) is 9.48. The lowest BCUT2D eigenvalue weighted by molar-refractivity contribution is 0.0943. The molecule has 3 aromatic carbocycles. The first-order chi connectivity index (χ1) is 14.0. The number of para-hydroxylation sites is 1. The summed E-state index contributed by atoms with van der Waals surface area (Å²) >= 11 is 5.14. The van der Waals surface area contributed by atoms with Gasteiger partial charge in [0.15, 0.2) is 5.11 Å². The first-order valence-electron chi connectivity index (χ1n) is 8.92. The average Bonchev–Trinajstić information content (AvgIpc) is 2.74. The van der Waals surface area contributed by atoms with Gasteiger partial charge in [-0.15, -0.1) is 0 Å². The van der Waals surface area contributed by atoms with E-state index in [1.54, 1.807) is 36.4 Å². The number of aryl methyl sites for hydroxylation is 1. The number of hydrogen-bond acceptors (Lipinski definition) is 3. The molecule has 0 bridgehead atoms. The third-order valence-electron chi connectivity index (χ3n) is 4.04. The maximum atomic E-state index is 12.2. The molecule has 6 nitrogen and oxygen atoms in total. The maximum Gasteiger partial charge on any atom is 0.269 e. The fourth-order valence-electron chi connectivity index (χ4n) is 2.48. The monoisotopic (exact) mass is 404 g/mol. The van der Waals surface area contributed by atoms with Crippen LogP contribution in [0.15, 0.2) is 78.9 Å². The van der Waals surface area contributed by atoms with Gasteiger partial charge >= 0.3 is 0 Å². The predicted octanol–water partition coefficient (Wildman–Crippen LogP) is 3.88. The van der Waals surface area contributed by atoms with E-state index >= 15 is 0 Å². The summed E-state index contributed by atoms with van der Waals surface area (Å²) in [4.78, 5) is 24.5. The van der Waals surface area contributed by atoms with E-state index in [1.165, 1.54) is 0 Å². The van der Waals surface area contributed by atoms with Gasteiger partial charge in [0.05, 0.1) is 0 Å². The molecule has 7 heteroatoms. The first-order valence-corrected chi connectivity index (χ1v) is 9.32. The van der Waals surface area contributed by atoms with Crippen molar-refractivity contribution in [1.82, 2.24) is 10.9 Å². The fourth-order valence-corrected chi connectivity index (χ4v) is 2.65. The highest BCUT2D eigenvalue weighted by Crippen LogP contribution is 2.12. The molecule has 2 amide bonds. The third kappa shape index (κ3) is 5.88. The second-order valence-electron chi connectivity index (χ2n) is 6.30. The molecule has 0 unspecified atom stereocenters. The Hall–Kier alpha value is -3.71. The van der Waals surface area contributed by atoms with Gasteiger partial charge < -0.3 is 10.6 Å². The van der Waals surface area contributed by atoms with Crippen molar-refractivity contribution in [3.63, 3.8) is 0 Å². The van der Waals surface area contributed by atoms with E-state index in [9.17, 15) is 9.59 Å². The number of hydrogen-bond donors (Lipinski definition) is 4. The Bertz CT molecular complexity index is 1000. The molecule has 0 spiro atoms. The van der Waals surface area contributed by atoms with Gasteiger partial charge in [-0.2, -0.15) is 0 Å². The van der Waals surface area contributed by atoms with Crippen LogP contribution in [0.5, 0.6) is 0 Å². The molecule has 0 radical (unpaired) electrons. The van der Waals surface area contributed by atoms with Crippen LogP contribution < -0.4 is 21.5 Å². The molecule has 0 heterocycles. The minimum Gasteiger partial charge on any atom is -0.331 e. The molecule has 0 fully saturated rings. The van der Waals surface area contributed by atoms with Crippen LogP contribution in [0, 0.1) is 6.92 Å². The number of carbonyl (C=O) groups is 2. The fraction of sp³-hybridized carbons (Fsp3) is 0.0455. The van der Waals surface area contributed by atoms with Gasteiger partial charge in [0.2, 0.25) is 0 Å². The third-order valence-corrected chi connectivity index (χ3v) is 4.24. The standard InChI is InChI=1S/C22H20N4O2S/c1-15-7-9-16(10-8-15)20(27)23-19-13-11-17(12-14-19)21(28)25-26-22(29)24-18-5-3-2-4-6-18/h2-14H,1H3,(H,23,27)(H,25,28)(H2,24,26,29). The Kier molecular flexibility index (Phi) is 6.55. The molecule has 0 saturated carbocycles. The van der Waals surface area contributed by atoms with Gasteiger partial charge in [-0.25, -0.2) is 0 Å². The summed E-state index contributed by atoms with van der Waals surface area (Å²) in [6, 6.07) is 23.3. The quantitative estimate of drug-likeness (QED) is 0.392. The van der Waals surface area contributed by atoms with Gasteiger partial charge in [0, 0.05) is 22.5 Å². The highest BCUT2D eigenvalue weighted by molar-refractivity contribution is 7.80. The highest BCUT2D eigenvalue weighted by atomic mass is 32.1.